The second-order valence-electron chi connectivity index (χ2n) is 6.97. The number of benzene rings is 1. The van der Waals surface area contributed by atoms with Crippen molar-refractivity contribution in [1.29, 1.82) is 5.26 Å². The first-order chi connectivity index (χ1) is 11.4. The summed E-state index contributed by atoms with van der Waals surface area (Å²) in [4.78, 5) is 14.1. The molecule has 0 saturated carbocycles. The number of anilines is 1. The van der Waals surface area contributed by atoms with Gasteiger partial charge in [0.2, 0.25) is 0 Å². The van der Waals surface area contributed by atoms with Crippen LogP contribution in [0.3, 0.4) is 0 Å². The van der Waals surface area contributed by atoms with E-state index >= 15 is 0 Å². The van der Waals surface area contributed by atoms with Crippen LogP contribution in [0, 0.1) is 11.3 Å². The van der Waals surface area contributed by atoms with Gasteiger partial charge in [0.05, 0.1) is 11.6 Å². The van der Waals surface area contributed by atoms with Crippen LogP contribution >= 0.6 is 11.3 Å². The molecule has 6 heteroatoms. The summed E-state index contributed by atoms with van der Waals surface area (Å²) in [6, 6.07) is 10.3. The van der Waals surface area contributed by atoms with Crippen LogP contribution < -0.4 is 10.2 Å². The Bertz CT molecular complexity index is 801. The number of nitriles is 1. The average molecular weight is 343 g/mol. The van der Waals surface area contributed by atoms with Crippen molar-refractivity contribution < 1.29 is 9.53 Å². The highest BCUT2D eigenvalue weighted by molar-refractivity contribution is 7.23. The number of hydrogen-bond acceptors (Lipinski definition) is 5. The molecule has 1 aliphatic heterocycles. The summed E-state index contributed by atoms with van der Waals surface area (Å²) in [7, 11) is 0. The van der Waals surface area contributed by atoms with E-state index in [2.05, 4.69) is 16.3 Å². The maximum atomic E-state index is 11.9. The lowest BCUT2D eigenvalue weighted by molar-refractivity contribution is 0.0509. The van der Waals surface area contributed by atoms with Gasteiger partial charge in [-0.15, -0.1) is 11.3 Å². The number of rotatable bonds is 2. The highest BCUT2D eigenvalue weighted by Gasteiger charge is 2.29. The Labute approximate surface area is 145 Å². The molecule has 0 spiro atoms. The Balaban J connectivity index is 1.72. The molecule has 1 saturated heterocycles. The lowest BCUT2D eigenvalue weighted by Crippen LogP contribution is -2.40. The van der Waals surface area contributed by atoms with Gasteiger partial charge in [0.1, 0.15) is 16.7 Å². The number of fused-ring (bicyclic) bond motifs is 1. The van der Waals surface area contributed by atoms with E-state index in [1.54, 1.807) is 11.3 Å². The van der Waals surface area contributed by atoms with Gasteiger partial charge in [0.15, 0.2) is 0 Å². The van der Waals surface area contributed by atoms with Crippen LogP contribution in [0.4, 0.5) is 9.80 Å². The number of alkyl carbamates (subject to hydrolysis) is 1. The van der Waals surface area contributed by atoms with E-state index in [4.69, 9.17) is 4.74 Å². The Kier molecular flexibility index (Phi) is 4.37. The van der Waals surface area contributed by atoms with Gasteiger partial charge >= 0.3 is 6.09 Å². The van der Waals surface area contributed by atoms with Gasteiger partial charge in [-0.25, -0.2) is 4.79 Å². The first kappa shape index (κ1) is 16.6. The van der Waals surface area contributed by atoms with Crippen LogP contribution in [0.5, 0.6) is 0 Å². The molecule has 1 aliphatic rings. The zero-order chi connectivity index (χ0) is 17.3. The molecular formula is C18H21N3O2S. The predicted molar refractivity (Wildman–Crippen MR) is 96.5 cm³/mol. The number of amides is 1. The summed E-state index contributed by atoms with van der Waals surface area (Å²) in [5.74, 6) is 0. The standard InChI is InChI=1S/C18H21N3O2S/c1-18(2,3)23-17(22)20-12-8-9-21(11-12)16-14(10-19)13-6-4-5-7-15(13)24-16/h4-7,12H,8-9,11H2,1-3H3,(H,20,22). The van der Waals surface area contributed by atoms with Gasteiger partial charge in [-0.2, -0.15) is 5.26 Å². The third-order valence-electron chi connectivity index (χ3n) is 3.89. The van der Waals surface area contributed by atoms with Crippen molar-refractivity contribution in [2.75, 3.05) is 18.0 Å². The molecule has 3 rings (SSSR count). The molecule has 126 valence electrons. The Morgan fingerprint density at radius 3 is 2.88 bits per heavy atom. The Hall–Kier alpha value is -2.26. The lowest BCUT2D eigenvalue weighted by atomic mass is 10.2. The molecule has 1 atom stereocenters. The molecule has 1 unspecified atom stereocenters. The van der Waals surface area contributed by atoms with Gasteiger partial charge in [0.25, 0.3) is 0 Å². The van der Waals surface area contributed by atoms with E-state index in [1.165, 1.54) is 0 Å². The number of ether oxygens (including phenoxy) is 1. The van der Waals surface area contributed by atoms with Crippen LogP contribution in [-0.4, -0.2) is 30.8 Å². The van der Waals surface area contributed by atoms with Gasteiger partial charge < -0.3 is 15.0 Å². The molecule has 1 N–H and O–H groups in total. The molecule has 1 aromatic carbocycles. The fourth-order valence-electron chi connectivity index (χ4n) is 2.90. The third kappa shape index (κ3) is 3.46. The maximum Gasteiger partial charge on any atom is 0.407 e. The minimum Gasteiger partial charge on any atom is -0.444 e. The first-order valence-corrected chi connectivity index (χ1v) is 8.85. The van der Waals surface area contributed by atoms with E-state index in [1.807, 2.05) is 45.0 Å². The summed E-state index contributed by atoms with van der Waals surface area (Å²) in [5.41, 5.74) is 0.232. The quantitative estimate of drug-likeness (QED) is 0.899. The Morgan fingerprint density at radius 1 is 1.42 bits per heavy atom. The monoisotopic (exact) mass is 343 g/mol. The highest BCUT2D eigenvalue weighted by atomic mass is 32.1. The molecule has 5 nitrogen and oxygen atoms in total. The summed E-state index contributed by atoms with van der Waals surface area (Å²) in [6.45, 7) is 7.07. The van der Waals surface area contributed by atoms with Crippen LogP contribution in [0.25, 0.3) is 10.1 Å². The van der Waals surface area contributed by atoms with Crippen molar-refractivity contribution in [3.63, 3.8) is 0 Å². The second-order valence-corrected chi connectivity index (χ2v) is 8.00. The molecule has 24 heavy (non-hydrogen) atoms. The van der Waals surface area contributed by atoms with E-state index in [9.17, 15) is 10.1 Å². The number of carbonyl (C=O) groups excluding carboxylic acids is 1. The molecule has 0 aliphatic carbocycles. The van der Waals surface area contributed by atoms with Gasteiger partial charge in [-0.1, -0.05) is 18.2 Å². The number of carbonyl (C=O) groups is 1. The van der Waals surface area contributed by atoms with Crippen LogP contribution in [0.2, 0.25) is 0 Å². The molecule has 1 amide bonds. The van der Waals surface area contributed by atoms with Crippen molar-refractivity contribution in [2.45, 2.75) is 38.8 Å². The largest absolute Gasteiger partial charge is 0.444 e. The molecule has 2 heterocycles. The number of nitrogens with zero attached hydrogens (tertiary/aromatic N) is 2. The van der Waals surface area contributed by atoms with Crippen molar-refractivity contribution in [1.82, 2.24) is 5.32 Å². The lowest BCUT2D eigenvalue weighted by Gasteiger charge is -2.22. The van der Waals surface area contributed by atoms with Crippen LogP contribution in [0.15, 0.2) is 24.3 Å². The van der Waals surface area contributed by atoms with E-state index in [-0.39, 0.29) is 12.1 Å². The molecule has 0 radical (unpaired) electrons. The summed E-state index contributed by atoms with van der Waals surface area (Å²) < 4.78 is 6.43. The predicted octanol–water partition coefficient (Wildman–Crippen LogP) is 3.88. The van der Waals surface area contributed by atoms with Gasteiger partial charge in [-0.3, -0.25) is 0 Å². The minimum atomic E-state index is -0.498. The zero-order valence-corrected chi connectivity index (χ0v) is 14.9. The molecule has 1 fully saturated rings. The topological polar surface area (TPSA) is 65.4 Å². The van der Waals surface area contributed by atoms with E-state index in [0.29, 0.717) is 6.54 Å². The van der Waals surface area contributed by atoms with Crippen LogP contribution in [0.1, 0.15) is 32.8 Å². The summed E-state index contributed by atoms with van der Waals surface area (Å²) in [6.07, 6.45) is 0.462. The average Bonchev–Trinajstić information content (AvgIpc) is 3.08. The van der Waals surface area contributed by atoms with Crippen LogP contribution in [-0.2, 0) is 4.74 Å². The Morgan fingerprint density at radius 2 is 2.17 bits per heavy atom. The van der Waals surface area contributed by atoms with E-state index < -0.39 is 5.60 Å². The van der Waals surface area contributed by atoms with Gasteiger partial charge in [-0.05, 0) is 33.3 Å². The normalized spacial score (nSPS) is 17.8. The number of hydrogen-bond donors (Lipinski definition) is 1. The first-order valence-electron chi connectivity index (χ1n) is 8.03. The highest BCUT2D eigenvalue weighted by Crippen LogP contribution is 2.38. The number of thiophene rings is 1. The SMILES string of the molecule is CC(C)(C)OC(=O)NC1CCN(c2sc3ccccc3c2C#N)C1. The fourth-order valence-corrected chi connectivity index (χ4v) is 4.09. The maximum absolute atomic E-state index is 11.9. The van der Waals surface area contributed by atoms with Crippen molar-refractivity contribution >= 4 is 32.5 Å². The molecule has 1 aromatic heterocycles. The fraction of sp³-hybridized carbons (Fsp3) is 0.444. The molecule has 0 bridgehead atoms. The van der Waals surface area contributed by atoms with Crippen molar-refractivity contribution in [2.24, 2.45) is 0 Å². The number of nitrogens with one attached hydrogen (secondary N) is 1. The van der Waals surface area contributed by atoms with E-state index in [0.717, 1.165) is 33.6 Å². The second kappa shape index (κ2) is 6.33. The summed E-state index contributed by atoms with van der Waals surface area (Å²) >= 11 is 1.64. The van der Waals surface area contributed by atoms with Crippen molar-refractivity contribution in [3.8, 4) is 6.07 Å². The summed E-state index contributed by atoms with van der Waals surface area (Å²) in [5, 5.41) is 14.5. The zero-order valence-electron chi connectivity index (χ0n) is 14.1. The molecule has 2 aromatic rings. The third-order valence-corrected chi connectivity index (χ3v) is 5.12. The minimum absolute atomic E-state index is 0.0385. The van der Waals surface area contributed by atoms with Gasteiger partial charge in [0, 0.05) is 23.2 Å². The smallest absolute Gasteiger partial charge is 0.407 e. The van der Waals surface area contributed by atoms with Crippen molar-refractivity contribution in [3.05, 3.63) is 29.8 Å². The molecular weight excluding hydrogens is 322 g/mol.